The van der Waals surface area contributed by atoms with Gasteiger partial charge in [-0.1, -0.05) is 72.8 Å². The number of aromatic nitrogens is 2. The van der Waals surface area contributed by atoms with Crippen LogP contribution < -0.4 is 44.1 Å². The normalized spacial score (nSPS) is 10.5. The number of fused-ring (bicyclic) bond motifs is 1. The molecule has 0 aliphatic rings. The van der Waals surface area contributed by atoms with Gasteiger partial charge in [0.1, 0.15) is 19.0 Å². The molecule has 6 nitrogen and oxygen atoms in total. The molecular weight excluding hydrogens is 475 g/mol. The van der Waals surface area contributed by atoms with E-state index in [0.29, 0.717) is 18.1 Å². The molecule has 0 aliphatic heterocycles. The van der Waals surface area contributed by atoms with Crippen LogP contribution in [0.15, 0.2) is 97.1 Å². The van der Waals surface area contributed by atoms with Crippen LogP contribution in [0.4, 0.5) is 0 Å². The van der Waals surface area contributed by atoms with Gasteiger partial charge in [-0.05, 0) is 47.0 Å². The van der Waals surface area contributed by atoms with Crippen LogP contribution in [0.25, 0.3) is 33.4 Å². The summed E-state index contributed by atoms with van der Waals surface area (Å²) in [5.74, 6) is 0.0796. The SMILES string of the molecule is Cc1ccccc1COc1ccc2cc(-c3nc(OCC(=O)[O-])cc(-c4ccccc4)n3)ccc2c1.[Na+]. The van der Waals surface area contributed by atoms with E-state index in [1.807, 2.05) is 78.9 Å². The fourth-order valence-electron chi connectivity index (χ4n) is 3.90. The quantitative estimate of drug-likeness (QED) is 0.304. The van der Waals surface area contributed by atoms with Gasteiger partial charge in [-0.2, -0.15) is 4.98 Å². The third-order valence-electron chi connectivity index (χ3n) is 5.84. The van der Waals surface area contributed by atoms with Crippen molar-refractivity contribution in [2.45, 2.75) is 13.5 Å². The van der Waals surface area contributed by atoms with Crippen LogP contribution in [0.1, 0.15) is 11.1 Å². The molecule has 0 radical (unpaired) electrons. The van der Waals surface area contributed by atoms with Crippen molar-refractivity contribution < 1.29 is 48.9 Å². The average Bonchev–Trinajstić information content (AvgIpc) is 2.91. The van der Waals surface area contributed by atoms with Crippen molar-refractivity contribution in [1.82, 2.24) is 9.97 Å². The molecule has 0 bridgehead atoms. The third-order valence-corrected chi connectivity index (χ3v) is 5.84. The molecule has 0 fully saturated rings. The van der Waals surface area contributed by atoms with Crippen molar-refractivity contribution in [3.8, 4) is 34.3 Å². The van der Waals surface area contributed by atoms with Gasteiger partial charge in [0.25, 0.3) is 0 Å². The third kappa shape index (κ3) is 6.54. The molecular formula is C30H23N2NaO4. The molecule has 0 N–H and O–H groups in total. The molecule has 1 aromatic heterocycles. The van der Waals surface area contributed by atoms with E-state index >= 15 is 0 Å². The number of aliphatic carboxylic acids is 1. The Morgan fingerprint density at radius 3 is 2.30 bits per heavy atom. The monoisotopic (exact) mass is 498 g/mol. The van der Waals surface area contributed by atoms with Gasteiger partial charge in [-0.15, -0.1) is 0 Å². The zero-order chi connectivity index (χ0) is 24.9. The Bertz CT molecular complexity index is 1540. The van der Waals surface area contributed by atoms with E-state index in [4.69, 9.17) is 14.5 Å². The molecule has 7 heteroatoms. The summed E-state index contributed by atoms with van der Waals surface area (Å²) in [6.07, 6.45) is 0. The molecule has 0 aliphatic carbocycles. The molecule has 0 atom stereocenters. The Labute approximate surface area is 237 Å². The predicted octanol–water partition coefficient (Wildman–Crippen LogP) is 1.98. The van der Waals surface area contributed by atoms with E-state index in [-0.39, 0.29) is 35.4 Å². The Morgan fingerprint density at radius 2 is 1.51 bits per heavy atom. The van der Waals surface area contributed by atoms with Gasteiger partial charge in [-0.25, -0.2) is 4.98 Å². The molecule has 0 amide bonds. The number of ether oxygens (including phenoxy) is 2. The maximum atomic E-state index is 10.9. The second kappa shape index (κ2) is 12.0. The average molecular weight is 499 g/mol. The molecule has 0 saturated carbocycles. The molecule has 0 unspecified atom stereocenters. The maximum Gasteiger partial charge on any atom is 1.00 e. The molecule has 0 spiro atoms. The molecule has 4 aromatic carbocycles. The van der Waals surface area contributed by atoms with Crippen LogP contribution in [0, 0.1) is 6.92 Å². The van der Waals surface area contributed by atoms with Crippen LogP contribution in [0.5, 0.6) is 11.6 Å². The van der Waals surface area contributed by atoms with Crippen LogP contribution >= 0.6 is 0 Å². The van der Waals surface area contributed by atoms with Crippen molar-refractivity contribution in [1.29, 1.82) is 0 Å². The number of carbonyl (C=O) groups excluding carboxylic acids is 1. The Kier molecular flexibility index (Phi) is 8.56. The molecule has 37 heavy (non-hydrogen) atoms. The number of aryl methyl sites for hydroxylation is 1. The van der Waals surface area contributed by atoms with E-state index in [1.165, 1.54) is 5.56 Å². The fourth-order valence-corrected chi connectivity index (χ4v) is 3.90. The Balaban J connectivity index is 0.00000320. The summed E-state index contributed by atoms with van der Waals surface area (Å²) in [7, 11) is 0. The largest absolute Gasteiger partial charge is 1.00 e. The fraction of sp³-hybridized carbons (Fsp3) is 0.100. The van der Waals surface area contributed by atoms with Crippen molar-refractivity contribution in [2.24, 2.45) is 0 Å². The summed E-state index contributed by atoms with van der Waals surface area (Å²) in [6, 6.07) is 31.3. The van der Waals surface area contributed by atoms with Crippen LogP contribution in [0.2, 0.25) is 0 Å². The Morgan fingerprint density at radius 1 is 0.784 bits per heavy atom. The second-order valence-electron chi connectivity index (χ2n) is 8.38. The van der Waals surface area contributed by atoms with E-state index in [0.717, 1.165) is 33.2 Å². The number of carbonyl (C=O) groups is 1. The summed E-state index contributed by atoms with van der Waals surface area (Å²) in [5, 5.41) is 12.9. The summed E-state index contributed by atoms with van der Waals surface area (Å²) in [5.41, 5.74) is 4.64. The number of benzene rings is 4. The number of hydrogen-bond donors (Lipinski definition) is 0. The number of nitrogens with zero attached hydrogens (tertiary/aromatic N) is 2. The van der Waals surface area contributed by atoms with Crippen LogP contribution in [-0.2, 0) is 11.4 Å². The van der Waals surface area contributed by atoms with Gasteiger partial charge in [-0.3, -0.25) is 0 Å². The summed E-state index contributed by atoms with van der Waals surface area (Å²) in [6.45, 7) is 1.99. The predicted molar refractivity (Wildman–Crippen MR) is 136 cm³/mol. The van der Waals surface area contributed by atoms with Gasteiger partial charge in [0.15, 0.2) is 5.82 Å². The summed E-state index contributed by atoms with van der Waals surface area (Å²) >= 11 is 0. The second-order valence-corrected chi connectivity index (χ2v) is 8.38. The number of rotatable bonds is 8. The first-order chi connectivity index (χ1) is 17.5. The first kappa shape index (κ1) is 26.4. The summed E-state index contributed by atoms with van der Waals surface area (Å²) in [4.78, 5) is 20.1. The molecule has 5 rings (SSSR count). The van der Waals surface area contributed by atoms with Gasteiger partial charge in [0.05, 0.1) is 11.7 Å². The molecule has 178 valence electrons. The van der Waals surface area contributed by atoms with E-state index in [2.05, 4.69) is 24.0 Å². The zero-order valence-electron chi connectivity index (χ0n) is 20.7. The van der Waals surface area contributed by atoms with Crippen LogP contribution in [-0.4, -0.2) is 22.5 Å². The first-order valence-electron chi connectivity index (χ1n) is 11.5. The first-order valence-corrected chi connectivity index (χ1v) is 11.5. The smallest absolute Gasteiger partial charge is 0.546 e. The molecule has 1 heterocycles. The number of hydrogen-bond acceptors (Lipinski definition) is 6. The minimum atomic E-state index is -1.32. The standard InChI is InChI=1S/C30H24N2O4.Na/c1-20-7-5-6-10-25(20)18-35-26-14-13-22-15-24(12-11-23(22)16-26)30-31-27(21-8-3-2-4-9-21)17-28(32-30)36-19-29(33)34;/h2-17H,18-19H2,1H3,(H,33,34);/q;+1/p-1. The van der Waals surface area contributed by atoms with E-state index < -0.39 is 12.6 Å². The minimum Gasteiger partial charge on any atom is -0.546 e. The van der Waals surface area contributed by atoms with Crippen LogP contribution in [0.3, 0.4) is 0 Å². The maximum absolute atomic E-state index is 10.9. The molecule has 5 aromatic rings. The minimum absolute atomic E-state index is 0. The van der Waals surface area contributed by atoms with Crippen molar-refractivity contribution >= 4 is 16.7 Å². The number of carboxylic acids is 1. The van der Waals surface area contributed by atoms with Gasteiger partial charge in [0.2, 0.25) is 5.88 Å². The Hall–Kier alpha value is -3.71. The van der Waals surface area contributed by atoms with Crippen molar-refractivity contribution in [2.75, 3.05) is 6.61 Å². The zero-order valence-corrected chi connectivity index (χ0v) is 22.7. The van der Waals surface area contributed by atoms with Crippen molar-refractivity contribution in [3.63, 3.8) is 0 Å². The van der Waals surface area contributed by atoms with Crippen molar-refractivity contribution in [3.05, 3.63) is 108 Å². The molecule has 0 saturated heterocycles. The van der Waals surface area contributed by atoms with Gasteiger partial charge in [0, 0.05) is 17.2 Å². The van der Waals surface area contributed by atoms with E-state index in [1.54, 1.807) is 6.07 Å². The van der Waals surface area contributed by atoms with Gasteiger partial charge < -0.3 is 19.4 Å². The topological polar surface area (TPSA) is 84.4 Å². The van der Waals surface area contributed by atoms with Gasteiger partial charge >= 0.3 is 29.6 Å². The summed E-state index contributed by atoms with van der Waals surface area (Å²) < 4.78 is 11.4. The number of carboxylic acid groups (broad SMARTS) is 1. The van der Waals surface area contributed by atoms with E-state index in [9.17, 15) is 9.90 Å².